The normalized spacial score (nSPS) is 11.7. The number of rotatable bonds is 5. The van der Waals surface area contributed by atoms with Crippen molar-refractivity contribution < 1.29 is 0 Å². The molecule has 1 nitrogen and oxygen atoms in total. The summed E-state index contributed by atoms with van der Waals surface area (Å²) in [6.07, 6.45) is 0. The maximum Gasteiger partial charge on any atom is 0.0540 e. The molecule has 0 radical (unpaired) electrons. The predicted molar refractivity (Wildman–Crippen MR) is 215 cm³/mol. The highest BCUT2D eigenvalue weighted by atomic mass is 32.1. The number of hydrogen-bond acceptors (Lipinski definition) is 3. The molecule has 8 aromatic carbocycles. The van der Waals surface area contributed by atoms with Crippen LogP contribution >= 0.6 is 22.7 Å². The van der Waals surface area contributed by atoms with Crippen LogP contribution in [0.3, 0.4) is 0 Å². The van der Waals surface area contributed by atoms with Gasteiger partial charge in [-0.25, -0.2) is 0 Å². The zero-order chi connectivity index (χ0) is 32.3. The van der Waals surface area contributed by atoms with Crippen LogP contribution in [0.4, 0.5) is 17.1 Å². The Balaban J connectivity index is 1.13. The van der Waals surface area contributed by atoms with E-state index in [1.165, 1.54) is 73.4 Å². The van der Waals surface area contributed by atoms with Crippen LogP contribution in [-0.2, 0) is 0 Å². The van der Waals surface area contributed by atoms with E-state index in [1.54, 1.807) is 0 Å². The van der Waals surface area contributed by atoms with Crippen molar-refractivity contribution in [1.82, 2.24) is 0 Å². The molecule has 2 aromatic heterocycles. The monoisotopic (exact) mass is 659 g/mol. The molecule has 0 fully saturated rings. The quantitative estimate of drug-likeness (QED) is 0.178. The van der Waals surface area contributed by atoms with Crippen molar-refractivity contribution in [3.63, 3.8) is 0 Å². The van der Waals surface area contributed by atoms with E-state index in [0.29, 0.717) is 0 Å². The maximum atomic E-state index is 2.44. The van der Waals surface area contributed by atoms with E-state index in [1.807, 2.05) is 22.7 Å². The summed E-state index contributed by atoms with van der Waals surface area (Å²) in [4.78, 5) is 2.44. The zero-order valence-corrected chi connectivity index (χ0v) is 28.1. The first-order chi connectivity index (χ1) is 24.3. The Kier molecular flexibility index (Phi) is 6.61. The largest absolute Gasteiger partial charge is 0.309 e. The summed E-state index contributed by atoms with van der Waals surface area (Å²) in [5, 5.41) is 7.75. The van der Waals surface area contributed by atoms with Gasteiger partial charge in [-0.3, -0.25) is 0 Å². The summed E-state index contributed by atoms with van der Waals surface area (Å²) in [7, 11) is 0. The average molecular weight is 660 g/mol. The first kappa shape index (κ1) is 28.3. The highest BCUT2D eigenvalue weighted by Gasteiger charge is 2.20. The molecule has 0 aliphatic rings. The number of anilines is 3. The van der Waals surface area contributed by atoms with Crippen molar-refractivity contribution in [3.05, 3.63) is 176 Å². The lowest BCUT2D eigenvalue weighted by atomic mass is 9.99. The van der Waals surface area contributed by atoms with Crippen LogP contribution in [0.25, 0.3) is 73.4 Å². The minimum absolute atomic E-state index is 1.12. The Labute approximate surface area is 292 Å². The van der Waals surface area contributed by atoms with Gasteiger partial charge in [0.25, 0.3) is 0 Å². The van der Waals surface area contributed by atoms with Crippen LogP contribution in [0.2, 0.25) is 0 Å². The Bertz CT molecular complexity index is 2830. The molecular weight excluding hydrogens is 631 g/mol. The SMILES string of the molecule is c1ccc(N(c2ccc(-c3ccc4c(c3)sc3ccccc34)cc2)c2cccc3ccccc23)c(-c2ccc3c(c2)sc2ccccc23)c1. The van der Waals surface area contributed by atoms with E-state index >= 15 is 0 Å². The van der Waals surface area contributed by atoms with Gasteiger partial charge in [0.15, 0.2) is 0 Å². The van der Waals surface area contributed by atoms with Crippen LogP contribution in [-0.4, -0.2) is 0 Å². The Morgan fingerprint density at radius 3 is 1.57 bits per heavy atom. The molecule has 0 unspecified atom stereocenters. The van der Waals surface area contributed by atoms with Gasteiger partial charge in [0.05, 0.1) is 11.4 Å². The van der Waals surface area contributed by atoms with Crippen molar-refractivity contribution in [2.24, 2.45) is 0 Å². The van der Waals surface area contributed by atoms with Crippen molar-refractivity contribution in [2.45, 2.75) is 0 Å². The highest BCUT2D eigenvalue weighted by Crippen LogP contribution is 2.45. The number of nitrogens with zero attached hydrogens (tertiary/aromatic N) is 1. The van der Waals surface area contributed by atoms with E-state index in [-0.39, 0.29) is 0 Å². The van der Waals surface area contributed by atoms with Crippen LogP contribution in [0.1, 0.15) is 0 Å². The highest BCUT2D eigenvalue weighted by molar-refractivity contribution is 7.26. The molecular formula is C46H29NS2. The van der Waals surface area contributed by atoms with Gasteiger partial charge in [0.2, 0.25) is 0 Å². The number of benzene rings is 8. The third kappa shape index (κ3) is 4.74. The standard InChI is InChI=1S/C46H29NS2/c1-2-12-35-31(10-1)11-9-17-42(35)47(34-24-20-30(21-25-34)32-22-26-39-37-14-4-7-18-43(37)48-45(39)28-32)41-16-6-3-13-36(41)33-23-27-40-38-15-5-8-19-44(38)49-46(40)29-33/h1-29H. The molecule has 0 bridgehead atoms. The van der Waals surface area contributed by atoms with Crippen molar-refractivity contribution >= 4 is 90.9 Å². The lowest BCUT2D eigenvalue weighted by Gasteiger charge is -2.29. The van der Waals surface area contributed by atoms with Gasteiger partial charge in [-0.1, -0.05) is 127 Å². The van der Waals surface area contributed by atoms with E-state index in [2.05, 4.69) is 181 Å². The van der Waals surface area contributed by atoms with Gasteiger partial charge in [-0.15, -0.1) is 22.7 Å². The smallest absolute Gasteiger partial charge is 0.0540 e. The van der Waals surface area contributed by atoms with Gasteiger partial charge in [-0.05, 0) is 70.6 Å². The molecule has 0 N–H and O–H groups in total. The summed E-state index contributed by atoms with van der Waals surface area (Å²) < 4.78 is 5.29. The Morgan fingerprint density at radius 2 is 0.837 bits per heavy atom. The van der Waals surface area contributed by atoms with E-state index < -0.39 is 0 Å². The Morgan fingerprint density at radius 1 is 0.327 bits per heavy atom. The van der Waals surface area contributed by atoms with Gasteiger partial charge in [0, 0.05) is 57.0 Å². The zero-order valence-electron chi connectivity index (χ0n) is 26.5. The molecule has 0 saturated carbocycles. The summed E-state index contributed by atoms with van der Waals surface area (Å²) in [6, 6.07) is 64.5. The summed E-state index contributed by atoms with van der Waals surface area (Å²) >= 11 is 3.74. The lowest BCUT2D eigenvalue weighted by molar-refractivity contribution is 1.30. The molecule has 0 saturated heterocycles. The van der Waals surface area contributed by atoms with Crippen LogP contribution in [0.15, 0.2) is 176 Å². The van der Waals surface area contributed by atoms with E-state index in [0.717, 1.165) is 17.1 Å². The predicted octanol–water partition coefficient (Wildman–Crippen LogP) is 14.4. The maximum absolute atomic E-state index is 2.44. The molecule has 10 rings (SSSR count). The van der Waals surface area contributed by atoms with Gasteiger partial charge in [-0.2, -0.15) is 0 Å². The third-order valence-corrected chi connectivity index (χ3v) is 11.9. The fourth-order valence-electron chi connectivity index (χ4n) is 7.33. The molecule has 0 spiro atoms. The van der Waals surface area contributed by atoms with Crippen LogP contribution in [0.5, 0.6) is 0 Å². The third-order valence-electron chi connectivity index (χ3n) is 9.68. The van der Waals surface area contributed by atoms with Gasteiger partial charge in [0.1, 0.15) is 0 Å². The Hall–Kier alpha value is -5.74. The van der Waals surface area contributed by atoms with Crippen LogP contribution < -0.4 is 4.90 Å². The second-order valence-corrected chi connectivity index (χ2v) is 14.7. The van der Waals surface area contributed by atoms with E-state index in [9.17, 15) is 0 Å². The second kappa shape index (κ2) is 11.5. The van der Waals surface area contributed by atoms with Crippen molar-refractivity contribution in [1.29, 1.82) is 0 Å². The molecule has 3 heteroatoms. The summed E-state index contributed by atoms with van der Waals surface area (Å²) in [5.74, 6) is 0. The number of hydrogen-bond donors (Lipinski definition) is 0. The number of para-hydroxylation sites is 1. The topological polar surface area (TPSA) is 3.24 Å². The molecule has 10 aromatic rings. The van der Waals surface area contributed by atoms with E-state index in [4.69, 9.17) is 0 Å². The fraction of sp³-hybridized carbons (Fsp3) is 0. The molecule has 0 aliphatic heterocycles. The first-order valence-electron chi connectivity index (χ1n) is 16.6. The number of thiophene rings is 2. The molecule has 0 aliphatic carbocycles. The minimum Gasteiger partial charge on any atom is -0.309 e. The molecule has 49 heavy (non-hydrogen) atoms. The molecule has 0 amide bonds. The van der Waals surface area contributed by atoms with Crippen molar-refractivity contribution in [2.75, 3.05) is 4.90 Å². The summed E-state index contributed by atoms with van der Waals surface area (Å²) in [6.45, 7) is 0. The first-order valence-corrected chi connectivity index (χ1v) is 18.2. The number of fused-ring (bicyclic) bond motifs is 7. The molecule has 0 atom stereocenters. The van der Waals surface area contributed by atoms with Gasteiger partial charge >= 0.3 is 0 Å². The molecule has 2 heterocycles. The second-order valence-electron chi connectivity index (χ2n) is 12.5. The summed E-state index contributed by atoms with van der Waals surface area (Å²) in [5.41, 5.74) is 8.30. The molecule has 230 valence electrons. The average Bonchev–Trinajstić information content (AvgIpc) is 3.73. The van der Waals surface area contributed by atoms with Gasteiger partial charge < -0.3 is 4.90 Å². The fourth-order valence-corrected chi connectivity index (χ4v) is 9.62. The van der Waals surface area contributed by atoms with Crippen LogP contribution in [0, 0.1) is 0 Å². The lowest BCUT2D eigenvalue weighted by Crippen LogP contribution is -2.11. The van der Waals surface area contributed by atoms with Crippen molar-refractivity contribution in [3.8, 4) is 22.3 Å². The minimum atomic E-state index is 1.12.